The Morgan fingerprint density at radius 1 is 1.29 bits per heavy atom. The Labute approximate surface area is 198 Å². The van der Waals surface area contributed by atoms with E-state index in [2.05, 4.69) is 18.0 Å². The van der Waals surface area contributed by atoms with Crippen LogP contribution in [-0.2, 0) is 9.53 Å². The maximum atomic E-state index is 15.2. The van der Waals surface area contributed by atoms with Gasteiger partial charge in [-0.1, -0.05) is 36.9 Å². The monoisotopic (exact) mass is 462 g/mol. The van der Waals surface area contributed by atoms with Crippen LogP contribution >= 0.6 is 0 Å². The summed E-state index contributed by atoms with van der Waals surface area (Å²) in [5, 5.41) is 12.4. The lowest BCUT2D eigenvalue weighted by Gasteiger charge is -2.37. The van der Waals surface area contributed by atoms with Crippen LogP contribution in [0, 0.1) is 23.1 Å². The van der Waals surface area contributed by atoms with Crippen molar-refractivity contribution in [3.8, 4) is 6.07 Å². The molecule has 2 heterocycles. The molecule has 2 fully saturated rings. The van der Waals surface area contributed by atoms with E-state index >= 15 is 4.39 Å². The van der Waals surface area contributed by atoms with Crippen molar-refractivity contribution in [1.82, 2.24) is 5.32 Å². The smallest absolute Gasteiger partial charge is 0.414 e. The fourth-order valence-corrected chi connectivity index (χ4v) is 4.63. The molecule has 1 N–H and O–H groups in total. The van der Waals surface area contributed by atoms with E-state index in [0.717, 1.165) is 17.7 Å². The van der Waals surface area contributed by atoms with Crippen molar-refractivity contribution in [2.24, 2.45) is 5.92 Å². The third-order valence-corrected chi connectivity index (χ3v) is 6.36. The van der Waals surface area contributed by atoms with Gasteiger partial charge in [-0.2, -0.15) is 5.26 Å². The number of carbonyl (C=O) groups excluding carboxylic acids is 2. The molecule has 0 saturated carbocycles. The first-order chi connectivity index (χ1) is 16.4. The first-order valence-corrected chi connectivity index (χ1v) is 11.3. The molecule has 176 valence electrons. The van der Waals surface area contributed by atoms with Gasteiger partial charge in [0.15, 0.2) is 0 Å². The van der Waals surface area contributed by atoms with Crippen LogP contribution in [0.2, 0.25) is 0 Å². The zero-order valence-corrected chi connectivity index (χ0v) is 19.0. The zero-order valence-electron chi connectivity index (χ0n) is 19.0. The minimum Gasteiger partial charge on any atom is -0.442 e. The second kappa shape index (κ2) is 9.96. The lowest BCUT2D eigenvalue weighted by Crippen LogP contribution is -2.34. The number of benzene rings is 2. The van der Waals surface area contributed by atoms with Crippen molar-refractivity contribution < 1.29 is 18.7 Å². The number of rotatable bonds is 6. The first kappa shape index (κ1) is 23.3. The summed E-state index contributed by atoms with van der Waals surface area (Å²) >= 11 is 0. The molecule has 0 aromatic heterocycles. The molecule has 2 saturated heterocycles. The van der Waals surface area contributed by atoms with Gasteiger partial charge in [0.2, 0.25) is 5.91 Å². The number of amides is 2. The van der Waals surface area contributed by atoms with Gasteiger partial charge < -0.3 is 15.0 Å². The van der Waals surface area contributed by atoms with E-state index in [1.807, 2.05) is 35.2 Å². The maximum Gasteiger partial charge on any atom is 0.414 e. The van der Waals surface area contributed by atoms with Crippen LogP contribution in [0.3, 0.4) is 0 Å². The number of cyclic esters (lactones) is 1. The number of nitrogens with zero attached hydrogens (tertiary/aromatic N) is 3. The number of halogens is 1. The van der Waals surface area contributed by atoms with E-state index in [1.54, 1.807) is 12.1 Å². The molecule has 0 radical (unpaired) electrons. The number of carbonyl (C=O) groups is 2. The fraction of sp³-hybridized carbons (Fsp3) is 0.346. The summed E-state index contributed by atoms with van der Waals surface area (Å²) < 4.78 is 20.4. The van der Waals surface area contributed by atoms with Gasteiger partial charge in [-0.25, -0.2) is 9.18 Å². The van der Waals surface area contributed by atoms with E-state index in [-0.39, 0.29) is 30.8 Å². The Kier molecular flexibility index (Phi) is 6.82. The van der Waals surface area contributed by atoms with Crippen molar-refractivity contribution in [3.63, 3.8) is 0 Å². The summed E-state index contributed by atoms with van der Waals surface area (Å²) in [5.74, 6) is -0.800. The van der Waals surface area contributed by atoms with Crippen LogP contribution < -0.4 is 15.1 Å². The van der Waals surface area contributed by atoms with Gasteiger partial charge >= 0.3 is 6.09 Å². The largest absolute Gasteiger partial charge is 0.442 e. The molecule has 2 aromatic rings. The van der Waals surface area contributed by atoms with Gasteiger partial charge in [-0.15, -0.1) is 0 Å². The minimum atomic E-state index is -0.573. The highest BCUT2D eigenvalue weighted by molar-refractivity contribution is 5.90. The molecule has 2 aliphatic heterocycles. The second-order valence-corrected chi connectivity index (χ2v) is 8.68. The van der Waals surface area contributed by atoms with E-state index in [4.69, 9.17) is 4.74 Å². The normalized spacial score (nSPS) is 21.1. The summed E-state index contributed by atoms with van der Waals surface area (Å²) in [7, 11) is 0. The summed E-state index contributed by atoms with van der Waals surface area (Å²) in [6.07, 6.45) is 0.264. The molecule has 34 heavy (non-hydrogen) atoms. The van der Waals surface area contributed by atoms with Crippen molar-refractivity contribution in [2.75, 3.05) is 29.4 Å². The summed E-state index contributed by atoms with van der Waals surface area (Å²) in [5.41, 5.74) is 2.53. The lowest BCUT2D eigenvalue weighted by molar-refractivity contribution is -0.119. The maximum absolute atomic E-state index is 15.2. The Balaban J connectivity index is 1.44. The van der Waals surface area contributed by atoms with Crippen LogP contribution in [0.15, 0.2) is 60.8 Å². The van der Waals surface area contributed by atoms with Crippen LogP contribution in [0.5, 0.6) is 0 Å². The number of allylic oxidation sites excluding steroid dienone is 1. The third kappa shape index (κ3) is 4.88. The van der Waals surface area contributed by atoms with Gasteiger partial charge in [0.05, 0.1) is 36.5 Å². The number of piperidine rings is 1. The average Bonchev–Trinajstić information content (AvgIpc) is 3.20. The predicted octanol–water partition coefficient (Wildman–Crippen LogP) is 4.32. The molecule has 2 aromatic carbocycles. The molecule has 3 unspecified atom stereocenters. The van der Waals surface area contributed by atoms with Gasteiger partial charge in [-0.3, -0.25) is 9.69 Å². The highest BCUT2D eigenvalue weighted by Gasteiger charge is 2.34. The van der Waals surface area contributed by atoms with E-state index in [1.165, 1.54) is 17.9 Å². The lowest BCUT2D eigenvalue weighted by atomic mass is 9.80. The summed E-state index contributed by atoms with van der Waals surface area (Å²) in [6.45, 7) is 6.54. The third-order valence-electron chi connectivity index (χ3n) is 6.36. The first-order valence-electron chi connectivity index (χ1n) is 11.3. The molecule has 0 aliphatic carbocycles. The number of anilines is 2. The van der Waals surface area contributed by atoms with Crippen LogP contribution in [-0.4, -0.2) is 37.7 Å². The topological polar surface area (TPSA) is 85.7 Å². The number of hydrogen-bond donors (Lipinski definition) is 1. The summed E-state index contributed by atoms with van der Waals surface area (Å²) in [6, 6.07) is 16.8. The Morgan fingerprint density at radius 2 is 2.06 bits per heavy atom. The fourth-order valence-electron chi connectivity index (χ4n) is 4.63. The van der Waals surface area contributed by atoms with E-state index in [0.29, 0.717) is 24.3 Å². The van der Waals surface area contributed by atoms with Gasteiger partial charge in [0, 0.05) is 19.2 Å². The SMILES string of the molecule is C=C1CC(C(C#N)c2ccccc2)CCN1c1ccc(N2CC(CNC(C)=O)OC2=O)cc1F. The predicted molar refractivity (Wildman–Crippen MR) is 127 cm³/mol. The summed E-state index contributed by atoms with van der Waals surface area (Å²) in [4.78, 5) is 26.5. The molecule has 3 atom stereocenters. The van der Waals surface area contributed by atoms with Gasteiger partial charge in [-0.05, 0) is 42.5 Å². The molecular formula is C26H27FN4O3. The van der Waals surface area contributed by atoms with Crippen LogP contribution in [0.25, 0.3) is 0 Å². The Bertz CT molecular complexity index is 1130. The molecule has 7 nitrogen and oxygen atoms in total. The number of ether oxygens (including phenoxy) is 1. The molecule has 0 bridgehead atoms. The van der Waals surface area contributed by atoms with Crippen molar-refractivity contribution in [1.29, 1.82) is 5.26 Å². The molecular weight excluding hydrogens is 435 g/mol. The minimum absolute atomic E-state index is 0.110. The number of nitriles is 1. The highest BCUT2D eigenvalue weighted by atomic mass is 19.1. The molecule has 2 amide bonds. The van der Waals surface area contributed by atoms with E-state index < -0.39 is 18.0 Å². The van der Waals surface area contributed by atoms with E-state index in [9.17, 15) is 14.9 Å². The molecule has 4 rings (SSSR count). The Hall–Kier alpha value is -3.86. The van der Waals surface area contributed by atoms with Crippen LogP contribution in [0.1, 0.15) is 31.2 Å². The van der Waals surface area contributed by atoms with Crippen LogP contribution in [0.4, 0.5) is 20.6 Å². The number of hydrogen-bond acceptors (Lipinski definition) is 5. The van der Waals surface area contributed by atoms with Crippen molar-refractivity contribution in [3.05, 3.63) is 72.2 Å². The van der Waals surface area contributed by atoms with Crippen molar-refractivity contribution in [2.45, 2.75) is 31.8 Å². The van der Waals surface area contributed by atoms with Crippen molar-refractivity contribution >= 4 is 23.4 Å². The Morgan fingerprint density at radius 3 is 2.71 bits per heavy atom. The van der Waals surface area contributed by atoms with Gasteiger partial charge in [0.25, 0.3) is 0 Å². The molecule has 2 aliphatic rings. The molecule has 0 spiro atoms. The molecule has 8 heteroatoms. The van der Waals surface area contributed by atoms with Gasteiger partial charge in [0.1, 0.15) is 11.9 Å². The number of nitrogens with one attached hydrogen (secondary N) is 1. The zero-order chi connectivity index (χ0) is 24.2. The average molecular weight is 463 g/mol. The highest BCUT2D eigenvalue weighted by Crippen LogP contribution is 2.39. The standard InChI is InChI=1S/C26H27FN4O3/c1-17-12-20(23(14-28)19-6-4-3-5-7-19)10-11-30(17)25-9-8-21(13-24(25)27)31-16-22(34-26(31)33)15-29-18(2)32/h3-9,13,20,22-23H,1,10-12,15-16H2,2H3,(H,29,32). The quantitative estimate of drug-likeness (QED) is 0.691. The second-order valence-electron chi connectivity index (χ2n) is 8.68.